The van der Waals surface area contributed by atoms with Crippen LogP contribution in [0.1, 0.15) is 29.0 Å². The van der Waals surface area contributed by atoms with E-state index in [0.717, 1.165) is 0 Å². The summed E-state index contributed by atoms with van der Waals surface area (Å²) in [6.07, 6.45) is -0.327. The molecule has 0 spiro atoms. The molecule has 3 rings (SSSR count). The first-order chi connectivity index (χ1) is 12.6. The molecular weight excluding hydrogens is 342 g/mol. The molecule has 9 heteroatoms. The number of carboxylic acids is 1. The van der Waals surface area contributed by atoms with Gasteiger partial charge in [-0.05, 0) is 24.3 Å². The van der Waals surface area contributed by atoms with Gasteiger partial charge in [-0.15, -0.1) is 0 Å². The molecule has 9 nitrogen and oxygen atoms in total. The van der Waals surface area contributed by atoms with E-state index in [2.05, 4.69) is 10.1 Å². The van der Waals surface area contributed by atoms with E-state index in [-0.39, 0.29) is 25.7 Å². The molecule has 0 saturated carbocycles. The van der Waals surface area contributed by atoms with Crippen LogP contribution >= 0.6 is 0 Å². The molecule has 1 N–H and O–H groups in total. The van der Waals surface area contributed by atoms with Gasteiger partial charge in [0.05, 0.1) is 13.2 Å². The molecule has 26 heavy (non-hydrogen) atoms. The average molecular weight is 361 g/mol. The normalized spacial score (nSPS) is 17.1. The average Bonchev–Trinajstić information content (AvgIpc) is 3.14. The van der Waals surface area contributed by atoms with Gasteiger partial charge in [-0.1, -0.05) is 12.1 Å². The zero-order chi connectivity index (χ0) is 18.5. The van der Waals surface area contributed by atoms with Crippen molar-refractivity contribution in [2.24, 2.45) is 0 Å². The first-order valence-electron chi connectivity index (χ1n) is 8.25. The first kappa shape index (κ1) is 17.9. The number of nitrogens with zero attached hydrogens (tertiary/aromatic N) is 3. The zero-order valence-corrected chi connectivity index (χ0v) is 14.3. The second-order valence-electron chi connectivity index (χ2n) is 5.72. The zero-order valence-electron chi connectivity index (χ0n) is 14.3. The lowest BCUT2D eigenvalue weighted by Gasteiger charge is -2.30. The van der Waals surface area contributed by atoms with Crippen molar-refractivity contribution < 1.29 is 28.7 Å². The summed E-state index contributed by atoms with van der Waals surface area (Å²) in [7, 11) is 0. The Labute approximate surface area is 149 Å². The number of ether oxygens (including phenoxy) is 2. The van der Waals surface area contributed by atoms with Crippen LogP contribution in [0.4, 0.5) is 0 Å². The van der Waals surface area contributed by atoms with Crippen molar-refractivity contribution in [1.82, 2.24) is 15.0 Å². The number of carbonyl (C=O) groups excluding carboxylic acids is 1. The van der Waals surface area contributed by atoms with E-state index < -0.39 is 12.1 Å². The number of aliphatic carboxylic acids is 1. The van der Waals surface area contributed by atoms with Crippen LogP contribution in [-0.2, 0) is 22.6 Å². The highest BCUT2D eigenvalue weighted by molar-refractivity contribution is 5.94. The number of aromatic nitrogens is 2. The largest absolute Gasteiger partial charge is 0.485 e. The lowest BCUT2D eigenvalue weighted by Crippen LogP contribution is -2.48. The van der Waals surface area contributed by atoms with Crippen molar-refractivity contribution in [1.29, 1.82) is 0 Å². The van der Waals surface area contributed by atoms with E-state index in [1.807, 2.05) is 6.92 Å². The van der Waals surface area contributed by atoms with E-state index in [1.165, 1.54) is 4.90 Å². The Balaban J connectivity index is 1.58. The van der Waals surface area contributed by atoms with Gasteiger partial charge < -0.3 is 24.0 Å². The maximum atomic E-state index is 12.5. The van der Waals surface area contributed by atoms with E-state index >= 15 is 0 Å². The Morgan fingerprint density at radius 1 is 1.35 bits per heavy atom. The summed E-state index contributed by atoms with van der Waals surface area (Å²) < 4.78 is 15.7. The molecule has 2 heterocycles. The highest BCUT2D eigenvalue weighted by atomic mass is 16.5. The fourth-order valence-electron chi connectivity index (χ4n) is 2.50. The molecule has 1 aliphatic heterocycles. The lowest BCUT2D eigenvalue weighted by atomic mass is 10.1. The van der Waals surface area contributed by atoms with E-state index in [1.54, 1.807) is 24.3 Å². The van der Waals surface area contributed by atoms with Gasteiger partial charge in [0, 0.05) is 18.5 Å². The second kappa shape index (κ2) is 7.96. The van der Waals surface area contributed by atoms with Crippen molar-refractivity contribution in [2.45, 2.75) is 26.1 Å². The molecule has 1 saturated heterocycles. The molecule has 1 aromatic carbocycles. The number of amides is 1. The van der Waals surface area contributed by atoms with Gasteiger partial charge in [0.1, 0.15) is 5.75 Å². The summed E-state index contributed by atoms with van der Waals surface area (Å²) in [5, 5.41) is 12.8. The van der Waals surface area contributed by atoms with Crippen molar-refractivity contribution in [3.05, 3.63) is 41.5 Å². The van der Waals surface area contributed by atoms with Crippen LogP contribution in [0.2, 0.25) is 0 Å². The fraction of sp³-hybridized carbons (Fsp3) is 0.412. The topological polar surface area (TPSA) is 115 Å². The summed E-state index contributed by atoms with van der Waals surface area (Å²) >= 11 is 0. The molecule has 1 amide bonds. The van der Waals surface area contributed by atoms with E-state index in [4.69, 9.17) is 19.1 Å². The van der Waals surface area contributed by atoms with Crippen molar-refractivity contribution in [3.63, 3.8) is 0 Å². The molecule has 2 aromatic rings. The Kier molecular flexibility index (Phi) is 5.47. The highest BCUT2D eigenvalue weighted by Gasteiger charge is 2.29. The van der Waals surface area contributed by atoms with Crippen LogP contribution in [-0.4, -0.2) is 57.8 Å². The Morgan fingerprint density at radius 2 is 2.12 bits per heavy atom. The quantitative estimate of drug-likeness (QED) is 0.814. The molecule has 1 unspecified atom stereocenters. The van der Waals surface area contributed by atoms with Gasteiger partial charge in [0.15, 0.2) is 12.7 Å². The van der Waals surface area contributed by atoms with Gasteiger partial charge in [-0.25, -0.2) is 4.79 Å². The van der Waals surface area contributed by atoms with E-state index in [0.29, 0.717) is 36.0 Å². The molecule has 0 aliphatic carbocycles. The number of morpholine rings is 1. The van der Waals surface area contributed by atoms with Crippen LogP contribution in [0.5, 0.6) is 5.75 Å². The third-order valence-corrected chi connectivity index (χ3v) is 3.91. The van der Waals surface area contributed by atoms with Crippen molar-refractivity contribution in [2.75, 3.05) is 19.7 Å². The molecule has 1 fully saturated rings. The minimum atomic E-state index is -1.07. The summed E-state index contributed by atoms with van der Waals surface area (Å²) in [5.41, 5.74) is 0.455. The summed E-state index contributed by atoms with van der Waals surface area (Å²) in [6, 6.07) is 6.61. The Hall–Kier alpha value is -2.94. The molecule has 1 aliphatic rings. The minimum Gasteiger partial charge on any atom is -0.485 e. The number of aryl methyl sites for hydroxylation is 1. The predicted molar refractivity (Wildman–Crippen MR) is 87.7 cm³/mol. The number of hydrogen-bond acceptors (Lipinski definition) is 7. The minimum absolute atomic E-state index is 0.0318. The molecule has 1 atom stereocenters. The molecule has 0 bridgehead atoms. The fourth-order valence-corrected chi connectivity index (χ4v) is 2.50. The predicted octanol–water partition coefficient (Wildman–Crippen LogP) is 1.14. The SMILES string of the molecule is CCc1nc(COc2ccc(C(=O)N3CCOC(C(=O)O)C3)cc2)no1. The second-order valence-corrected chi connectivity index (χ2v) is 5.72. The molecule has 0 radical (unpaired) electrons. The monoisotopic (exact) mass is 361 g/mol. The Morgan fingerprint density at radius 3 is 2.77 bits per heavy atom. The number of carbonyl (C=O) groups is 2. The maximum absolute atomic E-state index is 12.5. The van der Waals surface area contributed by atoms with Gasteiger partial charge in [-0.2, -0.15) is 4.98 Å². The van der Waals surface area contributed by atoms with Crippen LogP contribution in [0.3, 0.4) is 0 Å². The van der Waals surface area contributed by atoms with Gasteiger partial charge in [0.2, 0.25) is 11.7 Å². The molecular formula is C17H19N3O6. The maximum Gasteiger partial charge on any atom is 0.334 e. The lowest BCUT2D eigenvalue weighted by molar-refractivity contribution is -0.154. The van der Waals surface area contributed by atoms with Crippen LogP contribution in [0.25, 0.3) is 0 Å². The third kappa shape index (κ3) is 4.17. The summed E-state index contributed by atoms with van der Waals surface area (Å²) in [5.74, 6) is 0.260. The van der Waals surface area contributed by atoms with Gasteiger partial charge in [-0.3, -0.25) is 4.79 Å². The highest BCUT2D eigenvalue weighted by Crippen LogP contribution is 2.16. The van der Waals surface area contributed by atoms with Gasteiger partial charge in [0.25, 0.3) is 5.91 Å². The number of benzene rings is 1. The standard InChI is InChI=1S/C17H19N3O6/c1-2-15-18-14(19-26-15)10-25-12-5-3-11(4-6-12)16(21)20-7-8-24-13(9-20)17(22)23/h3-6,13H,2,7-10H2,1H3,(H,22,23). The van der Waals surface area contributed by atoms with E-state index in [9.17, 15) is 9.59 Å². The number of rotatable bonds is 6. The first-order valence-corrected chi connectivity index (χ1v) is 8.25. The third-order valence-electron chi connectivity index (χ3n) is 3.91. The van der Waals surface area contributed by atoms with Crippen molar-refractivity contribution in [3.8, 4) is 5.75 Å². The smallest absolute Gasteiger partial charge is 0.334 e. The Bertz CT molecular complexity index is 773. The van der Waals surface area contributed by atoms with Crippen LogP contribution in [0.15, 0.2) is 28.8 Å². The summed E-state index contributed by atoms with van der Waals surface area (Å²) in [4.78, 5) is 29.1. The number of hydrogen-bond donors (Lipinski definition) is 1. The molecule has 138 valence electrons. The number of carboxylic acid groups (broad SMARTS) is 1. The molecule has 1 aromatic heterocycles. The van der Waals surface area contributed by atoms with Gasteiger partial charge >= 0.3 is 5.97 Å². The summed E-state index contributed by atoms with van der Waals surface area (Å²) in [6.45, 7) is 2.68. The van der Waals surface area contributed by atoms with Crippen LogP contribution in [0, 0.1) is 0 Å². The van der Waals surface area contributed by atoms with Crippen molar-refractivity contribution >= 4 is 11.9 Å². The van der Waals surface area contributed by atoms with Crippen LogP contribution < -0.4 is 4.74 Å².